The van der Waals surface area contributed by atoms with E-state index in [-0.39, 0.29) is 11.7 Å². The molecule has 3 aromatic rings. The van der Waals surface area contributed by atoms with Crippen molar-refractivity contribution in [2.24, 2.45) is 0 Å². The number of aryl methyl sites for hydroxylation is 1. The Morgan fingerprint density at radius 2 is 1.74 bits per heavy atom. The summed E-state index contributed by atoms with van der Waals surface area (Å²) >= 11 is 0. The summed E-state index contributed by atoms with van der Waals surface area (Å²) in [7, 11) is 0. The lowest BCUT2D eigenvalue weighted by Gasteiger charge is -2.34. The quantitative estimate of drug-likeness (QED) is 0.627. The monoisotopic (exact) mass is 361 g/mol. The van der Waals surface area contributed by atoms with Crippen molar-refractivity contribution in [1.82, 2.24) is 4.90 Å². The lowest BCUT2D eigenvalue weighted by atomic mass is 9.89. The first-order valence-electron chi connectivity index (χ1n) is 9.74. The van der Waals surface area contributed by atoms with E-state index in [1.165, 1.54) is 11.1 Å². The highest BCUT2D eigenvalue weighted by Crippen LogP contribution is 2.37. The van der Waals surface area contributed by atoms with E-state index in [2.05, 4.69) is 42.2 Å². The molecule has 0 saturated heterocycles. The minimum Gasteiger partial charge on any atom is -0.478 e. The van der Waals surface area contributed by atoms with Crippen LogP contribution < -0.4 is 10.4 Å². The summed E-state index contributed by atoms with van der Waals surface area (Å²) in [5, 5.41) is 1.08. The van der Waals surface area contributed by atoms with Crippen molar-refractivity contribution in [3.05, 3.63) is 75.1 Å². The highest BCUT2D eigenvalue weighted by atomic mass is 16.5. The Balaban J connectivity index is 1.59. The fraction of sp³-hybridized carbons (Fsp3) is 0.348. The van der Waals surface area contributed by atoms with Crippen molar-refractivity contribution in [2.45, 2.75) is 45.2 Å². The second-order valence-corrected chi connectivity index (χ2v) is 7.58. The van der Waals surface area contributed by atoms with Crippen molar-refractivity contribution < 1.29 is 9.15 Å². The van der Waals surface area contributed by atoms with Gasteiger partial charge in [0.2, 0.25) is 0 Å². The fourth-order valence-corrected chi connectivity index (χ4v) is 4.42. The van der Waals surface area contributed by atoms with Crippen LogP contribution in [0.3, 0.4) is 0 Å². The van der Waals surface area contributed by atoms with Gasteiger partial charge in [0.15, 0.2) is 0 Å². The molecule has 2 aliphatic rings. The zero-order chi connectivity index (χ0) is 18.4. The van der Waals surface area contributed by atoms with Crippen LogP contribution in [0.5, 0.6) is 5.75 Å². The zero-order valence-corrected chi connectivity index (χ0v) is 15.5. The van der Waals surface area contributed by atoms with E-state index in [9.17, 15) is 4.79 Å². The van der Waals surface area contributed by atoms with Gasteiger partial charge in [-0.05, 0) is 55.9 Å². The number of hydrogen-bond donors (Lipinski definition) is 0. The van der Waals surface area contributed by atoms with Gasteiger partial charge >= 0.3 is 5.63 Å². The standard InChI is InChI=1S/C23H23NO3/c1-15(16-7-3-2-4-8-16)24-13-20-21(26-14-24)12-11-18-17-9-5-6-10-19(17)23(25)27-22(18)20/h2-4,7-8,11-12,15H,5-6,9-10,13-14H2,1H3. The molecule has 0 fully saturated rings. The average molecular weight is 361 g/mol. The molecule has 1 aliphatic heterocycles. The molecule has 27 heavy (non-hydrogen) atoms. The van der Waals surface area contributed by atoms with Crippen LogP contribution in [0.15, 0.2) is 51.7 Å². The molecule has 5 rings (SSSR count). The van der Waals surface area contributed by atoms with Crippen molar-refractivity contribution in [3.63, 3.8) is 0 Å². The Morgan fingerprint density at radius 3 is 2.56 bits per heavy atom. The second-order valence-electron chi connectivity index (χ2n) is 7.58. The summed E-state index contributed by atoms with van der Waals surface area (Å²) in [4.78, 5) is 14.9. The average Bonchev–Trinajstić information content (AvgIpc) is 2.73. The lowest BCUT2D eigenvalue weighted by molar-refractivity contribution is 0.0620. The molecule has 0 saturated carbocycles. The van der Waals surface area contributed by atoms with Gasteiger partial charge in [0.1, 0.15) is 18.1 Å². The van der Waals surface area contributed by atoms with Gasteiger partial charge in [0.25, 0.3) is 0 Å². The first-order valence-corrected chi connectivity index (χ1v) is 9.74. The molecule has 138 valence electrons. The third-order valence-electron chi connectivity index (χ3n) is 6.03. The molecule has 0 bridgehead atoms. The molecule has 0 N–H and O–H groups in total. The van der Waals surface area contributed by atoms with Gasteiger partial charge in [-0.2, -0.15) is 0 Å². The number of benzene rings is 2. The summed E-state index contributed by atoms with van der Waals surface area (Å²) in [6.45, 7) is 3.43. The Hall–Kier alpha value is -2.59. The van der Waals surface area contributed by atoms with Crippen molar-refractivity contribution in [1.29, 1.82) is 0 Å². The van der Waals surface area contributed by atoms with Gasteiger partial charge in [-0.3, -0.25) is 4.90 Å². The molecule has 0 spiro atoms. The van der Waals surface area contributed by atoms with Crippen molar-refractivity contribution in [2.75, 3.05) is 6.73 Å². The summed E-state index contributed by atoms with van der Waals surface area (Å²) < 4.78 is 11.9. The van der Waals surface area contributed by atoms with Crippen LogP contribution in [-0.4, -0.2) is 11.6 Å². The maximum Gasteiger partial charge on any atom is 0.339 e. The number of hydrogen-bond acceptors (Lipinski definition) is 4. The largest absolute Gasteiger partial charge is 0.478 e. The molecule has 1 unspecified atom stereocenters. The molecule has 0 radical (unpaired) electrons. The van der Waals surface area contributed by atoms with E-state index in [1.54, 1.807) is 0 Å². The van der Waals surface area contributed by atoms with Crippen LogP contribution in [0.4, 0.5) is 0 Å². The third kappa shape index (κ3) is 2.76. The van der Waals surface area contributed by atoms with E-state index in [4.69, 9.17) is 9.15 Å². The number of nitrogens with zero attached hydrogens (tertiary/aromatic N) is 1. The maximum absolute atomic E-state index is 12.6. The van der Waals surface area contributed by atoms with E-state index in [1.807, 2.05) is 12.1 Å². The Labute approximate surface area is 158 Å². The number of rotatable bonds is 2. The van der Waals surface area contributed by atoms with Gasteiger partial charge < -0.3 is 9.15 Å². The molecular formula is C23H23NO3. The van der Waals surface area contributed by atoms with Gasteiger partial charge in [0.05, 0.1) is 5.56 Å². The van der Waals surface area contributed by atoms with Gasteiger partial charge in [0, 0.05) is 23.5 Å². The number of ether oxygens (including phenoxy) is 1. The molecule has 2 heterocycles. The Kier molecular flexibility index (Phi) is 4.01. The molecule has 2 aromatic carbocycles. The van der Waals surface area contributed by atoms with Gasteiger partial charge in [-0.15, -0.1) is 0 Å². The van der Waals surface area contributed by atoms with Crippen LogP contribution in [0.1, 0.15) is 48.1 Å². The van der Waals surface area contributed by atoms with Crippen molar-refractivity contribution in [3.8, 4) is 5.75 Å². The molecular weight excluding hydrogens is 338 g/mol. The Bertz CT molecular complexity index is 1050. The van der Waals surface area contributed by atoms with E-state index in [0.29, 0.717) is 18.9 Å². The predicted octanol–water partition coefficient (Wildman–Crippen LogP) is 4.58. The predicted molar refractivity (Wildman–Crippen MR) is 105 cm³/mol. The minimum absolute atomic E-state index is 0.168. The smallest absolute Gasteiger partial charge is 0.339 e. The molecule has 1 aliphatic carbocycles. The van der Waals surface area contributed by atoms with Crippen LogP contribution in [0, 0.1) is 0 Å². The molecule has 1 aromatic heterocycles. The third-order valence-corrected chi connectivity index (χ3v) is 6.03. The van der Waals surface area contributed by atoms with E-state index < -0.39 is 0 Å². The minimum atomic E-state index is -0.168. The normalized spacial score (nSPS) is 17.8. The van der Waals surface area contributed by atoms with Gasteiger partial charge in [-0.25, -0.2) is 4.79 Å². The van der Waals surface area contributed by atoms with Gasteiger partial charge in [-0.1, -0.05) is 30.3 Å². The summed E-state index contributed by atoms with van der Waals surface area (Å²) in [5.74, 6) is 0.831. The summed E-state index contributed by atoms with van der Waals surface area (Å²) in [5.41, 5.74) is 4.85. The molecule has 4 heteroatoms. The summed E-state index contributed by atoms with van der Waals surface area (Å²) in [6.07, 6.45) is 4.00. The van der Waals surface area contributed by atoms with Crippen LogP contribution >= 0.6 is 0 Å². The molecule has 4 nitrogen and oxygen atoms in total. The fourth-order valence-electron chi connectivity index (χ4n) is 4.42. The molecule has 0 amide bonds. The van der Waals surface area contributed by atoms with Crippen molar-refractivity contribution >= 4 is 11.0 Å². The van der Waals surface area contributed by atoms with Crippen LogP contribution in [0.2, 0.25) is 0 Å². The first kappa shape index (κ1) is 16.6. The number of fused-ring (bicyclic) bond motifs is 5. The SMILES string of the molecule is CC(c1ccccc1)N1COc2ccc3c4c(c(=O)oc3c2C1)CCCC4. The maximum atomic E-state index is 12.6. The van der Waals surface area contributed by atoms with E-state index in [0.717, 1.165) is 47.9 Å². The zero-order valence-electron chi connectivity index (χ0n) is 15.5. The Morgan fingerprint density at radius 1 is 0.963 bits per heavy atom. The van der Waals surface area contributed by atoms with Crippen LogP contribution in [0.25, 0.3) is 11.0 Å². The second kappa shape index (κ2) is 6.54. The van der Waals surface area contributed by atoms with E-state index >= 15 is 0 Å². The summed E-state index contributed by atoms with van der Waals surface area (Å²) in [6, 6.07) is 14.8. The molecule has 1 atom stereocenters. The van der Waals surface area contributed by atoms with Crippen LogP contribution in [-0.2, 0) is 19.4 Å². The lowest BCUT2D eigenvalue weighted by Crippen LogP contribution is -2.34. The highest BCUT2D eigenvalue weighted by Gasteiger charge is 2.27. The first-order chi connectivity index (χ1) is 13.2. The highest BCUT2D eigenvalue weighted by molar-refractivity contribution is 5.86. The topological polar surface area (TPSA) is 42.7 Å².